The molecule has 6 nitrogen and oxygen atoms in total. The van der Waals surface area contributed by atoms with E-state index in [0.29, 0.717) is 5.56 Å². The van der Waals surface area contributed by atoms with Gasteiger partial charge in [-0.15, -0.1) is 5.10 Å². The lowest BCUT2D eigenvalue weighted by Crippen LogP contribution is -2.16. The normalized spacial score (nSPS) is 11.6. The Morgan fingerprint density at radius 1 is 1.35 bits per heavy atom. The summed E-state index contributed by atoms with van der Waals surface area (Å²) in [5, 5.41) is 15.4. The predicted octanol–water partition coefficient (Wildman–Crippen LogP) is 3.80. The Kier molecular flexibility index (Phi) is 4.96. The average molecular weight is 370 g/mol. The topological polar surface area (TPSA) is 83.6 Å². The number of carbonyl (C=O) groups excluding carboxylic acids is 1. The van der Waals surface area contributed by atoms with Crippen molar-refractivity contribution >= 4 is 23.2 Å². The van der Waals surface area contributed by atoms with Crippen molar-refractivity contribution < 1.29 is 9.18 Å². The number of anilines is 1. The highest BCUT2D eigenvalue weighted by Gasteiger charge is 2.17. The molecule has 0 bridgehead atoms. The SMILES string of the molecule is C[C@H](c1cccc(C#N)c1)n1cnc(C(=O)Nc2cccc(Cl)c2F)n1. The number of benzene rings is 2. The van der Waals surface area contributed by atoms with Gasteiger partial charge in [0.1, 0.15) is 6.33 Å². The quantitative estimate of drug-likeness (QED) is 0.758. The number of halogens is 2. The number of nitriles is 1. The molecule has 1 heterocycles. The fraction of sp³-hybridized carbons (Fsp3) is 0.111. The molecule has 0 spiro atoms. The van der Waals surface area contributed by atoms with Crippen LogP contribution in [0.25, 0.3) is 0 Å². The van der Waals surface area contributed by atoms with Crippen molar-refractivity contribution in [3.63, 3.8) is 0 Å². The summed E-state index contributed by atoms with van der Waals surface area (Å²) in [7, 11) is 0. The molecule has 0 radical (unpaired) electrons. The van der Waals surface area contributed by atoms with Crippen molar-refractivity contribution in [2.24, 2.45) is 0 Å². The number of nitrogens with zero attached hydrogens (tertiary/aromatic N) is 4. The molecule has 0 fully saturated rings. The summed E-state index contributed by atoms with van der Waals surface area (Å²) in [6.07, 6.45) is 1.41. The van der Waals surface area contributed by atoms with Crippen molar-refractivity contribution in [3.05, 3.63) is 76.6 Å². The lowest BCUT2D eigenvalue weighted by Gasteiger charge is -2.11. The molecule has 0 unspecified atom stereocenters. The summed E-state index contributed by atoms with van der Waals surface area (Å²) in [6, 6.07) is 13.2. The fourth-order valence-corrected chi connectivity index (χ4v) is 2.54. The first-order valence-electron chi connectivity index (χ1n) is 7.66. The molecule has 0 saturated carbocycles. The van der Waals surface area contributed by atoms with Crippen LogP contribution >= 0.6 is 11.6 Å². The number of amides is 1. The van der Waals surface area contributed by atoms with E-state index in [2.05, 4.69) is 21.5 Å². The van der Waals surface area contributed by atoms with E-state index in [4.69, 9.17) is 16.9 Å². The third-order valence-corrected chi connectivity index (χ3v) is 4.10. The van der Waals surface area contributed by atoms with Gasteiger partial charge in [-0.25, -0.2) is 14.1 Å². The molecule has 3 rings (SSSR count). The first kappa shape index (κ1) is 17.6. The second-order valence-corrected chi connectivity index (χ2v) is 5.92. The van der Waals surface area contributed by atoms with Crippen LogP contribution in [0.3, 0.4) is 0 Å². The van der Waals surface area contributed by atoms with Gasteiger partial charge >= 0.3 is 0 Å². The minimum atomic E-state index is -0.719. The Labute approximate surface area is 153 Å². The molecule has 8 heteroatoms. The third-order valence-electron chi connectivity index (χ3n) is 3.81. The third kappa shape index (κ3) is 3.55. The van der Waals surface area contributed by atoms with E-state index in [1.165, 1.54) is 29.2 Å². The molecule has 0 aliphatic carbocycles. The lowest BCUT2D eigenvalue weighted by atomic mass is 10.1. The monoisotopic (exact) mass is 369 g/mol. The Morgan fingerprint density at radius 2 is 2.12 bits per heavy atom. The van der Waals surface area contributed by atoms with Crippen molar-refractivity contribution in [2.75, 3.05) is 5.32 Å². The van der Waals surface area contributed by atoms with Crippen molar-refractivity contribution in [3.8, 4) is 6.07 Å². The molecule has 2 aromatic carbocycles. The van der Waals surface area contributed by atoms with Gasteiger partial charge in [-0.05, 0) is 36.8 Å². The van der Waals surface area contributed by atoms with E-state index in [-0.39, 0.29) is 22.6 Å². The molecule has 1 aromatic heterocycles. The van der Waals surface area contributed by atoms with Gasteiger partial charge in [0.05, 0.1) is 28.4 Å². The maximum atomic E-state index is 13.9. The van der Waals surface area contributed by atoms with E-state index in [1.54, 1.807) is 18.2 Å². The van der Waals surface area contributed by atoms with Gasteiger partial charge in [-0.3, -0.25) is 4.79 Å². The first-order chi connectivity index (χ1) is 12.5. The number of hydrogen-bond acceptors (Lipinski definition) is 4. The minimum absolute atomic E-state index is 0.0476. The maximum Gasteiger partial charge on any atom is 0.295 e. The standard InChI is InChI=1S/C18H13ClFN5O/c1-11(13-5-2-4-12(8-13)9-21)25-10-22-17(24-25)18(26)23-15-7-3-6-14(19)16(15)20/h2-8,10-11H,1H3,(H,23,26)/t11-/m1/s1. The van der Waals surface area contributed by atoms with Crippen LogP contribution < -0.4 is 5.32 Å². The zero-order valence-corrected chi connectivity index (χ0v) is 14.4. The van der Waals surface area contributed by atoms with Gasteiger partial charge in [-0.2, -0.15) is 5.26 Å². The number of carbonyl (C=O) groups is 1. The van der Waals surface area contributed by atoms with E-state index in [1.807, 2.05) is 13.0 Å². The molecule has 0 aliphatic rings. The zero-order valence-electron chi connectivity index (χ0n) is 13.6. The number of hydrogen-bond donors (Lipinski definition) is 1. The highest BCUT2D eigenvalue weighted by Crippen LogP contribution is 2.22. The van der Waals surface area contributed by atoms with Gasteiger partial charge in [0.25, 0.3) is 5.91 Å². The maximum absolute atomic E-state index is 13.9. The number of rotatable bonds is 4. The summed E-state index contributed by atoms with van der Waals surface area (Å²) >= 11 is 5.70. The molecule has 3 aromatic rings. The first-order valence-corrected chi connectivity index (χ1v) is 8.04. The molecule has 1 N–H and O–H groups in total. The fourth-order valence-electron chi connectivity index (χ4n) is 2.36. The summed E-state index contributed by atoms with van der Waals surface area (Å²) in [6.45, 7) is 1.86. The number of aromatic nitrogens is 3. The van der Waals surface area contributed by atoms with Gasteiger partial charge < -0.3 is 5.32 Å². The molecule has 0 aliphatic heterocycles. The highest BCUT2D eigenvalue weighted by atomic mass is 35.5. The van der Waals surface area contributed by atoms with E-state index >= 15 is 0 Å². The van der Waals surface area contributed by atoms with E-state index in [0.717, 1.165) is 5.56 Å². The zero-order chi connectivity index (χ0) is 18.7. The smallest absolute Gasteiger partial charge is 0.295 e. The van der Waals surface area contributed by atoms with Gasteiger partial charge in [-0.1, -0.05) is 29.8 Å². The molecule has 1 atom stereocenters. The molecule has 26 heavy (non-hydrogen) atoms. The predicted molar refractivity (Wildman–Crippen MR) is 94.4 cm³/mol. The van der Waals surface area contributed by atoms with Crippen LogP contribution in [0.4, 0.5) is 10.1 Å². The lowest BCUT2D eigenvalue weighted by molar-refractivity contribution is 0.101. The van der Waals surface area contributed by atoms with Gasteiger partial charge in [0.2, 0.25) is 5.82 Å². The van der Waals surface area contributed by atoms with Crippen molar-refractivity contribution in [1.82, 2.24) is 14.8 Å². The molecule has 0 saturated heterocycles. The Morgan fingerprint density at radius 3 is 2.88 bits per heavy atom. The van der Waals surface area contributed by atoms with E-state index in [9.17, 15) is 9.18 Å². The van der Waals surface area contributed by atoms with Crippen LogP contribution in [0.1, 0.15) is 34.7 Å². The Balaban J connectivity index is 1.79. The van der Waals surface area contributed by atoms with Gasteiger partial charge in [0.15, 0.2) is 5.82 Å². The average Bonchev–Trinajstić information content (AvgIpc) is 3.15. The Bertz CT molecular complexity index is 1010. The molecular formula is C18H13ClFN5O. The molecule has 1 amide bonds. The highest BCUT2D eigenvalue weighted by molar-refractivity contribution is 6.31. The summed E-state index contributed by atoms with van der Waals surface area (Å²) in [4.78, 5) is 16.2. The van der Waals surface area contributed by atoms with E-state index < -0.39 is 11.7 Å². The minimum Gasteiger partial charge on any atom is -0.317 e. The summed E-state index contributed by atoms with van der Waals surface area (Å²) < 4.78 is 15.4. The Hall–Kier alpha value is -3.24. The van der Waals surface area contributed by atoms with Gasteiger partial charge in [0, 0.05) is 0 Å². The second kappa shape index (κ2) is 7.33. The van der Waals surface area contributed by atoms with Crippen LogP contribution in [0.15, 0.2) is 48.8 Å². The van der Waals surface area contributed by atoms with Crippen molar-refractivity contribution in [2.45, 2.75) is 13.0 Å². The van der Waals surface area contributed by atoms with Crippen LogP contribution in [0.5, 0.6) is 0 Å². The van der Waals surface area contributed by atoms with Crippen LogP contribution in [-0.2, 0) is 0 Å². The molecular weight excluding hydrogens is 357 g/mol. The van der Waals surface area contributed by atoms with Crippen molar-refractivity contribution in [1.29, 1.82) is 5.26 Å². The number of nitrogens with one attached hydrogen (secondary N) is 1. The molecule has 130 valence electrons. The summed E-state index contributed by atoms with van der Waals surface area (Å²) in [5.74, 6) is -1.47. The van der Waals surface area contributed by atoms with Crippen LogP contribution in [0.2, 0.25) is 5.02 Å². The van der Waals surface area contributed by atoms with Crippen LogP contribution in [0, 0.1) is 17.1 Å². The second-order valence-electron chi connectivity index (χ2n) is 5.52. The summed E-state index contributed by atoms with van der Waals surface area (Å²) in [5.41, 5.74) is 1.33. The van der Waals surface area contributed by atoms with Crippen LogP contribution in [-0.4, -0.2) is 20.7 Å². The largest absolute Gasteiger partial charge is 0.317 e.